The number of aryl methyl sites for hydroxylation is 1. The van der Waals surface area contributed by atoms with Gasteiger partial charge in [0.15, 0.2) is 23.1 Å². The lowest BCUT2D eigenvalue weighted by atomic mass is 9.83. The second-order valence-corrected chi connectivity index (χ2v) is 4.96. The Morgan fingerprint density at radius 2 is 1.35 bits per heavy atom. The van der Waals surface area contributed by atoms with E-state index >= 15 is 0 Å². The molecule has 0 spiro atoms. The highest BCUT2D eigenvalue weighted by Crippen LogP contribution is 2.38. The van der Waals surface area contributed by atoms with Gasteiger partial charge in [0.1, 0.15) is 0 Å². The summed E-state index contributed by atoms with van der Waals surface area (Å²) in [4.78, 5) is 25.1. The van der Waals surface area contributed by atoms with Crippen molar-refractivity contribution in [3.05, 3.63) is 58.1 Å². The summed E-state index contributed by atoms with van der Waals surface area (Å²) < 4.78 is 10.5. The van der Waals surface area contributed by atoms with Crippen LogP contribution < -0.4 is 9.47 Å². The predicted octanol–water partition coefficient (Wildman–Crippen LogP) is 2.50. The zero-order valence-corrected chi connectivity index (χ0v) is 10.7. The van der Waals surface area contributed by atoms with Gasteiger partial charge in [-0.15, -0.1) is 0 Å². The van der Waals surface area contributed by atoms with Crippen molar-refractivity contribution in [2.45, 2.75) is 6.92 Å². The van der Waals surface area contributed by atoms with Gasteiger partial charge in [-0.25, -0.2) is 0 Å². The lowest BCUT2D eigenvalue weighted by Gasteiger charge is -2.18. The number of hydrogen-bond donors (Lipinski definition) is 0. The van der Waals surface area contributed by atoms with Crippen LogP contribution in [0.25, 0.3) is 0 Å². The maximum Gasteiger partial charge on any atom is 0.231 e. The number of carbonyl (C=O) groups is 2. The molecule has 0 aromatic heterocycles. The normalized spacial score (nSPS) is 15.1. The largest absolute Gasteiger partial charge is 0.454 e. The Hall–Kier alpha value is -2.62. The van der Waals surface area contributed by atoms with Crippen LogP contribution in [0.2, 0.25) is 0 Å². The van der Waals surface area contributed by atoms with Crippen molar-refractivity contribution >= 4 is 11.6 Å². The minimum atomic E-state index is -0.145. The van der Waals surface area contributed by atoms with Crippen molar-refractivity contribution in [1.29, 1.82) is 0 Å². The molecule has 1 heterocycles. The van der Waals surface area contributed by atoms with E-state index in [9.17, 15) is 9.59 Å². The number of carbonyl (C=O) groups excluding carboxylic acids is 2. The van der Waals surface area contributed by atoms with Crippen molar-refractivity contribution in [2.75, 3.05) is 6.79 Å². The lowest BCUT2D eigenvalue weighted by molar-refractivity contribution is 0.0979. The van der Waals surface area contributed by atoms with Crippen LogP contribution in [-0.4, -0.2) is 18.4 Å². The number of benzene rings is 2. The number of rotatable bonds is 0. The molecule has 4 nitrogen and oxygen atoms in total. The molecule has 0 saturated heterocycles. The van der Waals surface area contributed by atoms with E-state index in [0.717, 1.165) is 5.56 Å². The molecule has 98 valence electrons. The third-order valence-electron chi connectivity index (χ3n) is 3.67. The van der Waals surface area contributed by atoms with Gasteiger partial charge < -0.3 is 9.47 Å². The Bertz CT molecular complexity index is 789. The average molecular weight is 266 g/mol. The van der Waals surface area contributed by atoms with Crippen LogP contribution in [0.15, 0.2) is 30.3 Å². The fourth-order valence-corrected chi connectivity index (χ4v) is 2.65. The van der Waals surface area contributed by atoms with Gasteiger partial charge in [0, 0.05) is 22.3 Å². The molecular formula is C16H10O4. The number of ether oxygens (including phenoxy) is 2. The molecule has 2 aliphatic rings. The van der Waals surface area contributed by atoms with E-state index in [0.29, 0.717) is 33.8 Å². The van der Waals surface area contributed by atoms with Crippen molar-refractivity contribution in [1.82, 2.24) is 0 Å². The fraction of sp³-hybridized carbons (Fsp3) is 0.125. The van der Waals surface area contributed by atoms with Gasteiger partial charge in [-0.05, 0) is 25.1 Å². The third-order valence-corrected chi connectivity index (χ3v) is 3.67. The zero-order chi connectivity index (χ0) is 13.9. The molecule has 0 amide bonds. The molecule has 2 aromatic carbocycles. The second-order valence-electron chi connectivity index (χ2n) is 4.96. The molecular weight excluding hydrogens is 256 g/mol. The van der Waals surface area contributed by atoms with E-state index in [1.807, 2.05) is 13.0 Å². The van der Waals surface area contributed by atoms with Gasteiger partial charge >= 0.3 is 0 Å². The molecule has 0 N–H and O–H groups in total. The van der Waals surface area contributed by atoms with Gasteiger partial charge in [-0.1, -0.05) is 17.7 Å². The minimum Gasteiger partial charge on any atom is -0.454 e. The first-order chi connectivity index (χ1) is 9.65. The van der Waals surface area contributed by atoms with Crippen molar-refractivity contribution in [2.24, 2.45) is 0 Å². The van der Waals surface area contributed by atoms with Crippen LogP contribution in [0.1, 0.15) is 37.4 Å². The molecule has 0 bridgehead atoms. The number of ketones is 2. The molecule has 0 fully saturated rings. The quantitative estimate of drug-likeness (QED) is 0.627. The number of fused-ring (bicyclic) bond motifs is 3. The summed E-state index contributed by atoms with van der Waals surface area (Å²) >= 11 is 0. The Balaban J connectivity index is 1.99. The lowest BCUT2D eigenvalue weighted by Crippen LogP contribution is -2.20. The Morgan fingerprint density at radius 1 is 0.800 bits per heavy atom. The second kappa shape index (κ2) is 3.70. The van der Waals surface area contributed by atoms with E-state index < -0.39 is 0 Å². The van der Waals surface area contributed by atoms with Gasteiger partial charge in [0.2, 0.25) is 6.79 Å². The average Bonchev–Trinajstić information content (AvgIpc) is 2.90. The molecule has 0 unspecified atom stereocenters. The molecule has 1 aliphatic carbocycles. The molecule has 4 rings (SSSR count). The predicted molar refractivity (Wildman–Crippen MR) is 70.6 cm³/mol. The highest BCUT2D eigenvalue weighted by Gasteiger charge is 2.32. The standard InChI is InChI=1S/C16H10O4/c1-8-2-3-9-10(4-8)16(18)12-6-14-13(19-7-20-14)5-11(12)15(9)17/h2-6H,7H2,1H3. The molecule has 0 atom stereocenters. The Labute approximate surface area is 114 Å². The summed E-state index contributed by atoms with van der Waals surface area (Å²) in [6, 6.07) is 8.49. The van der Waals surface area contributed by atoms with E-state index in [4.69, 9.17) is 9.47 Å². The van der Waals surface area contributed by atoms with E-state index in [-0.39, 0.29) is 18.4 Å². The summed E-state index contributed by atoms with van der Waals surface area (Å²) in [6.45, 7) is 2.01. The van der Waals surface area contributed by atoms with E-state index in [1.165, 1.54) is 0 Å². The third kappa shape index (κ3) is 1.36. The summed E-state index contributed by atoms with van der Waals surface area (Å²) in [5, 5.41) is 0. The van der Waals surface area contributed by atoms with Crippen LogP contribution >= 0.6 is 0 Å². The van der Waals surface area contributed by atoms with Gasteiger partial charge in [-0.2, -0.15) is 0 Å². The molecule has 1 aliphatic heterocycles. The topological polar surface area (TPSA) is 52.6 Å². The van der Waals surface area contributed by atoms with Crippen LogP contribution in [0.4, 0.5) is 0 Å². The smallest absolute Gasteiger partial charge is 0.231 e. The van der Waals surface area contributed by atoms with Crippen LogP contribution in [0.5, 0.6) is 11.5 Å². The Kier molecular flexibility index (Phi) is 2.07. The molecule has 2 aromatic rings. The van der Waals surface area contributed by atoms with Crippen molar-refractivity contribution in [3.8, 4) is 11.5 Å². The first kappa shape index (κ1) is 11.2. The van der Waals surface area contributed by atoms with Crippen molar-refractivity contribution in [3.63, 3.8) is 0 Å². The maximum atomic E-state index is 12.6. The van der Waals surface area contributed by atoms with Gasteiger partial charge in [-0.3, -0.25) is 9.59 Å². The SMILES string of the molecule is Cc1ccc2c(c1)C(=O)c1cc3c(cc1C2=O)OCO3. The van der Waals surface area contributed by atoms with Crippen LogP contribution in [-0.2, 0) is 0 Å². The molecule has 0 radical (unpaired) electrons. The number of hydrogen-bond acceptors (Lipinski definition) is 4. The minimum absolute atomic E-state index is 0.118. The fourth-order valence-electron chi connectivity index (χ4n) is 2.65. The van der Waals surface area contributed by atoms with Gasteiger partial charge in [0.25, 0.3) is 0 Å². The van der Waals surface area contributed by atoms with Crippen LogP contribution in [0.3, 0.4) is 0 Å². The summed E-state index contributed by atoms with van der Waals surface area (Å²) in [5.41, 5.74) is 2.63. The zero-order valence-electron chi connectivity index (χ0n) is 10.7. The first-order valence-electron chi connectivity index (χ1n) is 6.29. The van der Waals surface area contributed by atoms with E-state index in [2.05, 4.69) is 0 Å². The summed E-state index contributed by atoms with van der Waals surface area (Å²) in [6.07, 6.45) is 0. The summed E-state index contributed by atoms with van der Waals surface area (Å²) in [7, 11) is 0. The van der Waals surface area contributed by atoms with Crippen LogP contribution in [0, 0.1) is 6.92 Å². The van der Waals surface area contributed by atoms with Crippen molar-refractivity contribution < 1.29 is 19.1 Å². The first-order valence-corrected chi connectivity index (χ1v) is 6.29. The monoisotopic (exact) mass is 266 g/mol. The highest BCUT2D eigenvalue weighted by molar-refractivity contribution is 6.28. The Morgan fingerprint density at radius 3 is 2.00 bits per heavy atom. The van der Waals surface area contributed by atoms with E-state index in [1.54, 1.807) is 24.3 Å². The highest BCUT2D eigenvalue weighted by atomic mass is 16.7. The molecule has 20 heavy (non-hydrogen) atoms. The maximum absolute atomic E-state index is 12.6. The van der Waals surface area contributed by atoms with Gasteiger partial charge in [0.05, 0.1) is 0 Å². The molecule has 4 heteroatoms. The molecule has 0 saturated carbocycles. The summed E-state index contributed by atoms with van der Waals surface area (Å²) in [5.74, 6) is 0.742.